The maximum absolute atomic E-state index is 12.4. The molecule has 0 bridgehead atoms. The fourth-order valence-corrected chi connectivity index (χ4v) is 3.09. The molecule has 1 heterocycles. The van der Waals surface area contributed by atoms with Gasteiger partial charge in [-0.15, -0.1) is 0 Å². The minimum atomic E-state index is -0.163. The number of hydrogen-bond donors (Lipinski definition) is 1. The zero-order chi connectivity index (χ0) is 17.2. The molecule has 0 unspecified atom stereocenters. The smallest absolute Gasteiger partial charge is 0.271 e. The average molecular weight is 336 g/mol. The van der Waals surface area contributed by atoms with Gasteiger partial charge in [-0.05, 0) is 29.7 Å². The maximum atomic E-state index is 12.4. The van der Waals surface area contributed by atoms with E-state index >= 15 is 0 Å². The normalized spacial score (nSPS) is 18.0. The lowest BCUT2D eigenvalue weighted by atomic mass is 9.81. The van der Waals surface area contributed by atoms with Crippen LogP contribution in [0.1, 0.15) is 50.3 Å². The highest BCUT2D eigenvalue weighted by Crippen LogP contribution is 2.30. The van der Waals surface area contributed by atoms with Crippen molar-refractivity contribution in [1.82, 2.24) is 15.1 Å². The van der Waals surface area contributed by atoms with Crippen LogP contribution in [0.15, 0.2) is 23.8 Å². The highest BCUT2D eigenvalue weighted by Gasteiger charge is 2.22. The molecular formula is C18H26ClN3O. The van der Waals surface area contributed by atoms with Crippen molar-refractivity contribution in [3.05, 3.63) is 40.2 Å². The van der Waals surface area contributed by atoms with E-state index in [1.807, 2.05) is 6.92 Å². The van der Waals surface area contributed by atoms with E-state index in [0.29, 0.717) is 29.6 Å². The maximum Gasteiger partial charge on any atom is 0.271 e. The van der Waals surface area contributed by atoms with Crippen LogP contribution in [0.4, 0.5) is 0 Å². The van der Waals surface area contributed by atoms with Crippen LogP contribution in [0.3, 0.4) is 0 Å². The number of allylic oxidation sites excluding steroid dienone is 3. The minimum absolute atomic E-state index is 0.163. The van der Waals surface area contributed by atoms with Gasteiger partial charge in [-0.1, -0.05) is 57.5 Å². The molecule has 1 N–H and O–H groups in total. The second kappa shape index (κ2) is 6.91. The number of amides is 1. The lowest BCUT2D eigenvalue weighted by Crippen LogP contribution is -2.31. The average Bonchev–Trinajstić information content (AvgIpc) is 2.78. The van der Waals surface area contributed by atoms with E-state index in [9.17, 15) is 4.79 Å². The Balaban J connectivity index is 1.96. The molecule has 5 heteroatoms. The molecule has 1 aromatic heterocycles. The van der Waals surface area contributed by atoms with Crippen molar-refractivity contribution in [1.29, 1.82) is 0 Å². The molecule has 1 amide bonds. The highest BCUT2D eigenvalue weighted by atomic mass is 35.5. The quantitative estimate of drug-likeness (QED) is 0.906. The fourth-order valence-electron chi connectivity index (χ4n) is 2.71. The van der Waals surface area contributed by atoms with Crippen LogP contribution in [0.25, 0.3) is 0 Å². The summed E-state index contributed by atoms with van der Waals surface area (Å²) in [5.74, 6) is 0.159. The summed E-state index contributed by atoms with van der Waals surface area (Å²) in [6, 6.07) is 0. The molecule has 1 aliphatic carbocycles. The van der Waals surface area contributed by atoms with E-state index in [1.165, 1.54) is 5.57 Å². The summed E-state index contributed by atoms with van der Waals surface area (Å²) in [4.78, 5) is 12.4. The molecular weight excluding hydrogens is 310 g/mol. The van der Waals surface area contributed by atoms with Gasteiger partial charge in [0, 0.05) is 13.6 Å². The third kappa shape index (κ3) is 4.05. The van der Waals surface area contributed by atoms with Crippen molar-refractivity contribution in [2.24, 2.45) is 18.4 Å². The Hall–Kier alpha value is -1.55. The Labute approximate surface area is 143 Å². The molecule has 0 aliphatic heterocycles. The monoisotopic (exact) mass is 335 g/mol. The number of nitrogens with one attached hydrogen (secondary N) is 1. The first-order valence-corrected chi connectivity index (χ1v) is 8.50. The molecule has 0 spiro atoms. The van der Waals surface area contributed by atoms with E-state index in [2.05, 4.69) is 49.4 Å². The number of carbonyl (C=O) groups excluding carboxylic acids is 1. The zero-order valence-electron chi connectivity index (χ0n) is 14.6. The summed E-state index contributed by atoms with van der Waals surface area (Å²) in [5, 5.41) is 7.72. The van der Waals surface area contributed by atoms with Gasteiger partial charge < -0.3 is 5.32 Å². The van der Waals surface area contributed by atoms with Crippen LogP contribution in [0.2, 0.25) is 5.02 Å². The molecule has 0 saturated carbocycles. The molecule has 1 aromatic rings. The number of hydrogen-bond acceptors (Lipinski definition) is 2. The standard InChI is InChI=1S/C18H26ClN3O/c1-6-14-15(19)16(22(5)21-14)17(23)20-11-12-7-9-13(10-8-12)18(2,3)4/h7,9-10,12H,6,8,11H2,1-5H3,(H,20,23)/t12-/m1/s1. The van der Waals surface area contributed by atoms with Gasteiger partial charge in [-0.25, -0.2) is 0 Å². The highest BCUT2D eigenvalue weighted by molar-refractivity contribution is 6.34. The Kier molecular flexibility index (Phi) is 5.35. The summed E-state index contributed by atoms with van der Waals surface area (Å²) in [6.07, 6.45) is 8.28. The van der Waals surface area contributed by atoms with Crippen LogP contribution >= 0.6 is 11.6 Å². The van der Waals surface area contributed by atoms with Crippen molar-refractivity contribution < 1.29 is 4.79 Å². The van der Waals surface area contributed by atoms with E-state index in [1.54, 1.807) is 11.7 Å². The molecule has 2 rings (SSSR count). The van der Waals surface area contributed by atoms with Crippen LogP contribution in [0, 0.1) is 11.3 Å². The molecule has 0 fully saturated rings. The third-order valence-corrected chi connectivity index (χ3v) is 4.58. The number of aryl methyl sites for hydroxylation is 2. The first-order valence-electron chi connectivity index (χ1n) is 8.12. The van der Waals surface area contributed by atoms with Crippen molar-refractivity contribution in [3.8, 4) is 0 Å². The molecule has 1 atom stereocenters. The van der Waals surface area contributed by atoms with Crippen molar-refractivity contribution in [3.63, 3.8) is 0 Å². The summed E-state index contributed by atoms with van der Waals surface area (Å²) >= 11 is 6.25. The van der Waals surface area contributed by atoms with Gasteiger partial charge in [0.1, 0.15) is 5.69 Å². The molecule has 0 aromatic carbocycles. The first kappa shape index (κ1) is 17.8. The topological polar surface area (TPSA) is 46.9 Å². The minimum Gasteiger partial charge on any atom is -0.350 e. The van der Waals surface area contributed by atoms with Crippen LogP contribution in [-0.4, -0.2) is 22.2 Å². The van der Waals surface area contributed by atoms with Crippen molar-refractivity contribution in [2.45, 2.75) is 40.5 Å². The van der Waals surface area contributed by atoms with Crippen LogP contribution in [0.5, 0.6) is 0 Å². The van der Waals surface area contributed by atoms with Crippen molar-refractivity contribution >= 4 is 17.5 Å². The van der Waals surface area contributed by atoms with Gasteiger partial charge in [-0.3, -0.25) is 9.48 Å². The first-order chi connectivity index (χ1) is 10.7. The molecule has 126 valence electrons. The number of aromatic nitrogens is 2. The van der Waals surface area contributed by atoms with Gasteiger partial charge in [0.05, 0.1) is 10.7 Å². The number of nitrogens with zero attached hydrogens (tertiary/aromatic N) is 2. The molecule has 0 saturated heterocycles. The Bertz CT molecular complexity index is 650. The Morgan fingerprint density at radius 1 is 1.48 bits per heavy atom. The van der Waals surface area contributed by atoms with Gasteiger partial charge in [0.2, 0.25) is 0 Å². The molecule has 1 aliphatic rings. The van der Waals surface area contributed by atoms with E-state index in [4.69, 9.17) is 11.6 Å². The fraction of sp³-hybridized carbons (Fsp3) is 0.556. The lowest BCUT2D eigenvalue weighted by Gasteiger charge is -2.25. The second-order valence-corrected chi connectivity index (χ2v) is 7.44. The van der Waals surface area contributed by atoms with Gasteiger partial charge in [-0.2, -0.15) is 5.10 Å². The zero-order valence-corrected chi connectivity index (χ0v) is 15.4. The predicted octanol–water partition coefficient (Wildman–Crippen LogP) is 3.91. The van der Waals surface area contributed by atoms with Crippen molar-refractivity contribution in [2.75, 3.05) is 6.54 Å². The second-order valence-electron chi connectivity index (χ2n) is 7.06. The largest absolute Gasteiger partial charge is 0.350 e. The van der Waals surface area contributed by atoms with Crippen LogP contribution in [-0.2, 0) is 13.5 Å². The molecule has 4 nitrogen and oxygen atoms in total. The molecule has 0 radical (unpaired) electrons. The van der Waals surface area contributed by atoms with Gasteiger partial charge in [0.15, 0.2) is 0 Å². The van der Waals surface area contributed by atoms with Gasteiger partial charge >= 0.3 is 0 Å². The molecule has 23 heavy (non-hydrogen) atoms. The SMILES string of the molecule is CCc1nn(C)c(C(=O)NC[C@@H]2C=CC(C(C)(C)C)=CC2)c1Cl. The predicted molar refractivity (Wildman–Crippen MR) is 94.7 cm³/mol. The number of halogens is 1. The van der Waals surface area contributed by atoms with E-state index in [-0.39, 0.29) is 11.3 Å². The number of carbonyl (C=O) groups is 1. The summed E-state index contributed by atoms with van der Waals surface area (Å²) in [6.45, 7) is 9.21. The third-order valence-electron chi connectivity index (χ3n) is 4.18. The summed E-state index contributed by atoms with van der Waals surface area (Å²) in [5.41, 5.74) is 2.72. The van der Waals surface area contributed by atoms with Gasteiger partial charge in [0.25, 0.3) is 5.91 Å². The van der Waals surface area contributed by atoms with Crippen LogP contribution < -0.4 is 5.32 Å². The lowest BCUT2D eigenvalue weighted by molar-refractivity contribution is 0.0940. The van der Waals surface area contributed by atoms with E-state index in [0.717, 1.165) is 12.1 Å². The number of rotatable bonds is 4. The summed E-state index contributed by atoms with van der Waals surface area (Å²) < 4.78 is 1.56. The Morgan fingerprint density at radius 3 is 2.65 bits per heavy atom. The summed E-state index contributed by atoms with van der Waals surface area (Å²) in [7, 11) is 1.75. The van der Waals surface area contributed by atoms with E-state index < -0.39 is 0 Å². The Morgan fingerprint density at radius 2 is 2.17 bits per heavy atom.